The Labute approximate surface area is 144 Å². The summed E-state index contributed by atoms with van der Waals surface area (Å²) in [6.45, 7) is 0. The summed E-state index contributed by atoms with van der Waals surface area (Å²) >= 11 is 0. The zero-order valence-electron chi connectivity index (χ0n) is 14.1. The quantitative estimate of drug-likeness (QED) is 0.476. The van der Waals surface area contributed by atoms with Crippen LogP contribution in [0.5, 0.6) is 0 Å². The molecule has 2 nitrogen and oxygen atoms in total. The van der Waals surface area contributed by atoms with Crippen LogP contribution in [0, 0.1) is 0 Å². The molecular formula is C22H25NO. The van der Waals surface area contributed by atoms with Gasteiger partial charge in [-0.25, -0.2) is 0 Å². The van der Waals surface area contributed by atoms with Crippen molar-refractivity contribution in [1.29, 1.82) is 0 Å². The molecule has 0 bridgehead atoms. The van der Waals surface area contributed by atoms with Crippen molar-refractivity contribution in [2.24, 2.45) is 0 Å². The van der Waals surface area contributed by atoms with E-state index < -0.39 is 0 Å². The molecule has 3 rings (SSSR count). The maximum absolute atomic E-state index is 12.9. The first kappa shape index (κ1) is 16.5. The van der Waals surface area contributed by atoms with Crippen molar-refractivity contribution in [2.75, 3.05) is 0 Å². The normalized spacial score (nSPS) is 16.4. The molecule has 0 unspecified atom stereocenters. The molecule has 0 atom stereocenters. The molecule has 0 radical (unpaired) electrons. The molecule has 1 saturated carbocycles. The molecule has 1 aliphatic carbocycles. The van der Waals surface area contributed by atoms with E-state index in [1.165, 1.54) is 25.7 Å². The second kappa shape index (κ2) is 8.49. The predicted octanol–water partition coefficient (Wildman–Crippen LogP) is 5.07. The number of amides is 1. The molecule has 1 N–H and O–H groups in total. The van der Waals surface area contributed by atoms with Crippen molar-refractivity contribution >= 4 is 17.6 Å². The van der Waals surface area contributed by atoms with E-state index in [0.29, 0.717) is 6.04 Å². The van der Waals surface area contributed by atoms with Crippen LogP contribution in [-0.4, -0.2) is 11.9 Å². The van der Waals surface area contributed by atoms with E-state index in [-0.39, 0.29) is 5.91 Å². The van der Waals surface area contributed by atoms with Crippen molar-refractivity contribution in [2.45, 2.75) is 44.6 Å². The first-order chi connectivity index (χ1) is 11.8. The lowest BCUT2D eigenvalue weighted by Crippen LogP contribution is -2.34. The average molecular weight is 319 g/mol. The minimum atomic E-state index is 0.0388. The van der Waals surface area contributed by atoms with Gasteiger partial charge < -0.3 is 5.32 Å². The molecule has 1 amide bonds. The Balaban J connectivity index is 1.84. The van der Waals surface area contributed by atoms with Crippen LogP contribution in [0.1, 0.15) is 49.7 Å². The largest absolute Gasteiger partial charge is 0.349 e. The van der Waals surface area contributed by atoms with Crippen LogP contribution in [0.4, 0.5) is 0 Å². The Morgan fingerprint density at radius 3 is 2.04 bits per heavy atom. The van der Waals surface area contributed by atoms with Gasteiger partial charge in [-0.15, -0.1) is 0 Å². The molecule has 2 heteroatoms. The van der Waals surface area contributed by atoms with Crippen molar-refractivity contribution in [3.05, 3.63) is 71.8 Å². The molecule has 24 heavy (non-hydrogen) atoms. The molecule has 0 spiro atoms. The number of hydrogen-bond acceptors (Lipinski definition) is 1. The van der Waals surface area contributed by atoms with E-state index in [1.807, 2.05) is 66.7 Å². The van der Waals surface area contributed by atoms with Gasteiger partial charge in [-0.05, 0) is 30.0 Å². The summed E-state index contributed by atoms with van der Waals surface area (Å²) in [4.78, 5) is 12.9. The summed E-state index contributed by atoms with van der Waals surface area (Å²) in [7, 11) is 0. The van der Waals surface area contributed by atoms with Gasteiger partial charge in [0.2, 0.25) is 0 Å². The van der Waals surface area contributed by atoms with Crippen LogP contribution >= 0.6 is 0 Å². The van der Waals surface area contributed by atoms with Gasteiger partial charge in [0, 0.05) is 11.6 Å². The monoisotopic (exact) mass is 319 g/mol. The van der Waals surface area contributed by atoms with E-state index in [9.17, 15) is 4.79 Å². The van der Waals surface area contributed by atoms with Gasteiger partial charge in [-0.3, -0.25) is 4.79 Å². The molecule has 2 aromatic rings. The Morgan fingerprint density at radius 1 is 0.833 bits per heavy atom. The smallest absolute Gasteiger partial charge is 0.252 e. The van der Waals surface area contributed by atoms with Crippen LogP contribution in [0.25, 0.3) is 11.6 Å². The molecule has 0 aromatic heterocycles. The Morgan fingerprint density at radius 2 is 1.42 bits per heavy atom. The van der Waals surface area contributed by atoms with Crippen LogP contribution in [0.15, 0.2) is 60.7 Å². The van der Waals surface area contributed by atoms with Crippen molar-refractivity contribution < 1.29 is 4.79 Å². The number of carbonyl (C=O) groups is 1. The molecule has 0 aliphatic heterocycles. The highest BCUT2D eigenvalue weighted by Crippen LogP contribution is 2.21. The van der Waals surface area contributed by atoms with Gasteiger partial charge in [0.15, 0.2) is 0 Å². The van der Waals surface area contributed by atoms with E-state index in [4.69, 9.17) is 0 Å². The van der Waals surface area contributed by atoms with Gasteiger partial charge in [-0.1, -0.05) is 86.3 Å². The number of carbonyl (C=O) groups excluding carboxylic acids is 1. The number of hydrogen-bond donors (Lipinski definition) is 1. The topological polar surface area (TPSA) is 29.1 Å². The minimum absolute atomic E-state index is 0.0388. The van der Waals surface area contributed by atoms with Gasteiger partial charge in [0.25, 0.3) is 5.91 Å². The van der Waals surface area contributed by atoms with E-state index in [1.54, 1.807) is 0 Å². The predicted molar refractivity (Wildman–Crippen MR) is 100 cm³/mol. The summed E-state index contributed by atoms with van der Waals surface area (Å²) in [5.41, 5.74) is 2.76. The van der Waals surface area contributed by atoms with Gasteiger partial charge >= 0.3 is 0 Å². The maximum atomic E-state index is 12.9. The SMILES string of the molecule is O=C(NC1CCCCCC1)/C(=C\c1ccccc1)c1ccccc1. The molecule has 2 aromatic carbocycles. The third-order valence-corrected chi connectivity index (χ3v) is 4.63. The average Bonchev–Trinajstić information content (AvgIpc) is 2.90. The second-order valence-electron chi connectivity index (χ2n) is 6.50. The van der Waals surface area contributed by atoms with Crippen LogP contribution in [-0.2, 0) is 4.79 Å². The third kappa shape index (κ3) is 4.58. The molecule has 1 fully saturated rings. The molecule has 1 aliphatic rings. The number of rotatable bonds is 4. The first-order valence-corrected chi connectivity index (χ1v) is 8.96. The fourth-order valence-corrected chi connectivity index (χ4v) is 3.30. The summed E-state index contributed by atoms with van der Waals surface area (Å²) in [6, 6.07) is 20.3. The van der Waals surface area contributed by atoms with Gasteiger partial charge in [0.1, 0.15) is 0 Å². The third-order valence-electron chi connectivity index (χ3n) is 4.63. The number of benzene rings is 2. The highest BCUT2D eigenvalue weighted by atomic mass is 16.1. The minimum Gasteiger partial charge on any atom is -0.349 e. The van der Waals surface area contributed by atoms with Gasteiger partial charge in [-0.2, -0.15) is 0 Å². The van der Waals surface area contributed by atoms with E-state index in [0.717, 1.165) is 29.5 Å². The lowest BCUT2D eigenvalue weighted by Gasteiger charge is -2.18. The Hall–Kier alpha value is -2.35. The standard InChI is InChI=1S/C22H25NO/c24-22(23-20-15-9-1-2-10-16-20)21(19-13-7-4-8-14-19)17-18-11-5-3-6-12-18/h3-8,11-14,17,20H,1-2,9-10,15-16H2,(H,23,24)/b21-17-. The molecule has 124 valence electrons. The molecule has 0 heterocycles. The Bertz CT molecular complexity index is 668. The fourth-order valence-electron chi connectivity index (χ4n) is 3.30. The zero-order valence-corrected chi connectivity index (χ0v) is 14.1. The van der Waals surface area contributed by atoms with Crippen LogP contribution < -0.4 is 5.32 Å². The Kier molecular flexibility index (Phi) is 5.84. The summed E-state index contributed by atoms with van der Waals surface area (Å²) in [5, 5.41) is 3.27. The van der Waals surface area contributed by atoms with Crippen molar-refractivity contribution in [3.63, 3.8) is 0 Å². The maximum Gasteiger partial charge on any atom is 0.252 e. The molecular weight excluding hydrogens is 294 g/mol. The van der Waals surface area contributed by atoms with E-state index >= 15 is 0 Å². The van der Waals surface area contributed by atoms with Crippen molar-refractivity contribution in [3.8, 4) is 0 Å². The van der Waals surface area contributed by atoms with Gasteiger partial charge in [0.05, 0.1) is 0 Å². The highest BCUT2D eigenvalue weighted by molar-refractivity contribution is 6.24. The van der Waals surface area contributed by atoms with Crippen molar-refractivity contribution in [1.82, 2.24) is 5.32 Å². The lowest BCUT2D eigenvalue weighted by atomic mass is 10.0. The highest BCUT2D eigenvalue weighted by Gasteiger charge is 2.18. The molecule has 0 saturated heterocycles. The second-order valence-corrected chi connectivity index (χ2v) is 6.50. The first-order valence-electron chi connectivity index (χ1n) is 8.96. The van der Waals surface area contributed by atoms with E-state index in [2.05, 4.69) is 5.32 Å². The lowest BCUT2D eigenvalue weighted by molar-refractivity contribution is -0.116. The summed E-state index contributed by atoms with van der Waals surface area (Å²) in [5.74, 6) is 0.0388. The summed E-state index contributed by atoms with van der Waals surface area (Å²) < 4.78 is 0. The summed E-state index contributed by atoms with van der Waals surface area (Å²) in [6.07, 6.45) is 9.19. The van der Waals surface area contributed by atoms with Crippen LogP contribution in [0.3, 0.4) is 0 Å². The fraction of sp³-hybridized carbons (Fsp3) is 0.318. The zero-order chi connectivity index (χ0) is 16.6. The number of nitrogens with one attached hydrogen (secondary N) is 1. The van der Waals surface area contributed by atoms with Crippen LogP contribution in [0.2, 0.25) is 0 Å².